The molecule has 4 rings (SSSR count). The molecule has 0 aliphatic carbocycles. The molecule has 9 heteroatoms. The van der Waals surface area contributed by atoms with Crippen LogP contribution in [0.25, 0.3) is 0 Å². The van der Waals surface area contributed by atoms with Gasteiger partial charge in [-0.3, -0.25) is 14.7 Å². The Morgan fingerprint density at radius 1 is 1.26 bits per heavy atom. The first kappa shape index (κ1) is 21.4. The molecule has 3 aromatic rings. The van der Waals surface area contributed by atoms with Crippen LogP contribution in [0, 0.1) is 6.92 Å². The Bertz CT molecular complexity index is 1030. The van der Waals surface area contributed by atoms with Crippen LogP contribution < -0.4 is 4.74 Å². The molecule has 1 aliphatic heterocycles. The summed E-state index contributed by atoms with van der Waals surface area (Å²) in [6.07, 6.45) is -1.02. The monoisotopic (exact) mass is 433 g/mol. The lowest BCUT2D eigenvalue weighted by molar-refractivity contribution is -0.138. The van der Waals surface area contributed by atoms with Crippen LogP contribution in [-0.4, -0.2) is 44.6 Å². The van der Waals surface area contributed by atoms with E-state index in [2.05, 4.69) is 27.1 Å². The second kappa shape index (κ2) is 8.74. The Kier molecular flexibility index (Phi) is 6.04. The van der Waals surface area contributed by atoms with E-state index < -0.39 is 11.7 Å². The summed E-state index contributed by atoms with van der Waals surface area (Å²) in [6, 6.07) is 7.28. The lowest BCUT2D eigenvalue weighted by Gasteiger charge is -2.15. The molecular formula is C22H26F3N5O. The molecule has 0 bridgehead atoms. The summed E-state index contributed by atoms with van der Waals surface area (Å²) in [5.74, 6) is 0.195. The van der Waals surface area contributed by atoms with Crippen molar-refractivity contribution in [2.45, 2.75) is 38.4 Å². The van der Waals surface area contributed by atoms with E-state index in [0.717, 1.165) is 43.5 Å². The van der Waals surface area contributed by atoms with E-state index in [9.17, 15) is 13.2 Å². The first-order valence-electron chi connectivity index (χ1n) is 10.3. The van der Waals surface area contributed by atoms with Gasteiger partial charge in [0.15, 0.2) is 0 Å². The van der Waals surface area contributed by atoms with Crippen LogP contribution in [0.4, 0.5) is 13.2 Å². The number of hydrogen-bond acceptors (Lipinski definition) is 4. The third kappa shape index (κ3) is 4.92. The summed E-state index contributed by atoms with van der Waals surface area (Å²) >= 11 is 0. The van der Waals surface area contributed by atoms with Crippen molar-refractivity contribution in [1.82, 2.24) is 24.9 Å². The van der Waals surface area contributed by atoms with E-state index in [1.165, 1.54) is 29.5 Å². The highest BCUT2D eigenvalue weighted by Crippen LogP contribution is 2.36. The minimum atomic E-state index is -4.43. The Morgan fingerprint density at radius 2 is 2.06 bits per heavy atom. The molecule has 0 amide bonds. The van der Waals surface area contributed by atoms with Crippen molar-refractivity contribution in [3.63, 3.8) is 0 Å². The Balaban J connectivity index is 1.30. The van der Waals surface area contributed by atoms with Gasteiger partial charge in [0.05, 0.1) is 24.1 Å². The normalized spacial score (nSPS) is 17.4. The maximum atomic E-state index is 13.1. The van der Waals surface area contributed by atoms with E-state index in [0.29, 0.717) is 12.3 Å². The van der Waals surface area contributed by atoms with Gasteiger partial charge in [0, 0.05) is 49.4 Å². The molecule has 1 aromatic carbocycles. The minimum Gasteiger partial charge on any atom is -0.493 e. The number of rotatable bonds is 7. The number of para-hydroxylation sites is 1. The highest BCUT2D eigenvalue weighted by molar-refractivity contribution is 5.35. The smallest absolute Gasteiger partial charge is 0.419 e. The van der Waals surface area contributed by atoms with Gasteiger partial charge in [-0.15, -0.1) is 0 Å². The molecule has 6 nitrogen and oxygen atoms in total. The summed E-state index contributed by atoms with van der Waals surface area (Å²) in [6.45, 7) is 5.02. The fourth-order valence-corrected chi connectivity index (χ4v) is 3.97. The SMILES string of the molecule is Cc1c(CN2CCC(c3cc(CCOc4ccccc4C(F)(F)F)[nH]n3)C2)cnn1C. The van der Waals surface area contributed by atoms with Gasteiger partial charge in [0.1, 0.15) is 5.75 Å². The number of H-pyrrole nitrogens is 1. The summed E-state index contributed by atoms with van der Waals surface area (Å²) in [5, 5.41) is 11.8. The number of aryl methyl sites for hydroxylation is 1. The molecule has 1 unspecified atom stereocenters. The third-order valence-corrected chi connectivity index (χ3v) is 5.89. The van der Waals surface area contributed by atoms with Gasteiger partial charge in [0.2, 0.25) is 0 Å². The molecule has 2 aromatic heterocycles. The van der Waals surface area contributed by atoms with Crippen LogP contribution in [0.15, 0.2) is 36.5 Å². The molecule has 0 radical (unpaired) electrons. The number of hydrogen-bond donors (Lipinski definition) is 1. The zero-order valence-electron chi connectivity index (χ0n) is 17.6. The third-order valence-electron chi connectivity index (χ3n) is 5.89. The average Bonchev–Trinajstić information content (AvgIpc) is 3.45. The second-order valence-corrected chi connectivity index (χ2v) is 8.01. The van der Waals surface area contributed by atoms with Crippen molar-refractivity contribution >= 4 is 0 Å². The number of ether oxygens (including phenoxy) is 1. The second-order valence-electron chi connectivity index (χ2n) is 8.01. The van der Waals surface area contributed by atoms with Crippen LogP contribution in [0.2, 0.25) is 0 Å². The lowest BCUT2D eigenvalue weighted by Crippen LogP contribution is -2.20. The molecule has 1 atom stereocenters. The Hall–Kier alpha value is -2.81. The van der Waals surface area contributed by atoms with Crippen molar-refractivity contribution < 1.29 is 17.9 Å². The maximum Gasteiger partial charge on any atom is 0.419 e. The maximum absolute atomic E-state index is 13.1. The van der Waals surface area contributed by atoms with Crippen LogP contribution in [0.5, 0.6) is 5.75 Å². The average molecular weight is 433 g/mol. The largest absolute Gasteiger partial charge is 0.493 e. The standard InChI is InChI=1S/C22H26F3N5O/c1-15-17(12-26-29(15)2)14-30-9-7-16(13-30)20-11-18(27-28-20)8-10-31-21-6-4-3-5-19(21)22(23,24)25/h3-6,11-12,16H,7-10,13-14H2,1-2H3,(H,27,28). The van der Waals surface area contributed by atoms with E-state index in [4.69, 9.17) is 4.74 Å². The fourth-order valence-electron chi connectivity index (χ4n) is 3.97. The van der Waals surface area contributed by atoms with Crippen molar-refractivity contribution in [3.8, 4) is 5.75 Å². The lowest BCUT2D eigenvalue weighted by atomic mass is 10.0. The molecule has 3 heterocycles. The molecule has 0 saturated carbocycles. The van der Waals surface area contributed by atoms with Gasteiger partial charge in [0.25, 0.3) is 0 Å². The molecule has 31 heavy (non-hydrogen) atoms. The van der Waals surface area contributed by atoms with Gasteiger partial charge in [-0.2, -0.15) is 23.4 Å². The Morgan fingerprint density at radius 3 is 2.81 bits per heavy atom. The first-order valence-corrected chi connectivity index (χ1v) is 10.3. The predicted molar refractivity (Wildman–Crippen MR) is 110 cm³/mol. The topological polar surface area (TPSA) is 59.0 Å². The van der Waals surface area contributed by atoms with Gasteiger partial charge in [-0.05, 0) is 38.1 Å². The van der Waals surface area contributed by atoms with Crippen LogP contribution in [-0.2, 0) is 26.2 Å². The predicted octanol–water partition coefficient (Wildman–Crippen LogP) is 4.08. The van der Waals surface area contributed by atoms with Crippen molar-refractivity contribution in [3.05, 3.63) is 64.7 Å². The zero-order valence-corrected chi connectivity index (χ0v) is 17.6. The number of nitrogens with zero attached hydrogens (tertiary/aromatic N) is 4. The highest BCUT2D eigenvalue weighted by Gasteiger charge is 2.34. The van der Waals surface area contributed by atoms with E-state index in [1.807, 2.05) is 24.0 Å². The number of aromatic amines is 1. The molecular weight excluding hydrogens is 407 g/mol. The number of alkyl halides is 3. The zero-order chi connectivity index (χ0) is 22.0. The van der Waals surface area contributed by atoms with Crippen molar-refractivity contribution in [2.24, 2.45) is 7.05 Å². The van der Waals surface area contributed by atoms with E-state index >= 15 is 0 Å². The minimum absolute atomic E-state index is 0.145. The summed E-state index contributed by atoms with van der Waals surface area (Å²) < 4.78 is 46.5. The first-order chi connectivity index (χ1) is 14.8. The molecule has 1 fully saturated rings. The van der Waals surface area contributed by atoms with Gasteiger partial charge in [-0.1, -0.05) is 12.1 Å². The molecule has 1 saturated heterocycles. The van der Waals surface area contributed by atoms with Crippen molar-refractivity contribution in [1.29, 1.82) is 0 Å². The van der Waals surface area contributed by atoms with Crippen LogP contribution >= 0.6 is 0 Å². The molecule has 1 N–H and O–H groups in total. The van der Waals surface area contributed by atoms with Crippen LogP contribution in [0.1, 0.15) is 40.5 Å². The number of likely N-dealkylation sites (tertiary alicyclic amines) is 1. The van der Waals surface area contributed by atoms with Gasteiger partial charge in [-0.25, -0.2) is 0 Å². The van der Waals surface area contributed by atoms with E-state index in [-0.39, 0.29) is 12.4 Å². The number of halogens is 3. The van der Waals surface area contributed by atoms with E-state index in [1.54, 1.807) is 0 Å². The Labute approximate surface area is 179 Å². The number of benzene rings is 1. The van der Waals surface area contributed by atoms with Gasteiger partial charge >= 0.3 is 6.18 Å². The summed E-state index contributed by atoms with van der Waals surface area (Å²) in [5.41, 5.74) is 3.52. The highest BCUT2D eigenvalue weighted by atomic mass is 19.4. The van der Waals surface area contributed by atoms with Crippen LogP contribution in [0.3, 0.4) is 0 Å². The quantitative estimate of drug-likeness (QED) is 0.610. The summed E-state index contributed by atoms with van der Waals surface area (Å²) in [7, 11) is 1.95. The fraction of sp³-hybridized carbons (Fsp3) is 0.455. The number of aromatic nitrogens is 4. The van der Waals surface area contributed by atoms with Crippen molar-refractivity contribution in [2.75, 3.05) is 19.7 Å². The van der Waals surface area contributed by atoms with Gasteiger partial charge < -0.3 is 4.74 Å². The molecule has 0 spiro atoms. The molecule has 1 aliphatic rings. The molecule has 166 valence electrons. The summed E-state index contributed by atoms with van der Waals surface area (Å²) in [4.78, 5) is 2.40. The number of nitrogens with one attached hydrogen (secondary N) is 1.